The number of carbonyl (C=O) groups excluding carboxylic acids is 1. The number of benzene rings is 3. The first-order chi connectivity index (χ1) is 17.5. The molecular weight excluding hydrogens is 461 g/mol. The van der Waals surface area contributed by atoms with E-state index in [1.54, 1.807) is 31.0 Å². The molecule has 184 valence electrons. The molecule has 5 rings (SSSR count). The number of fused-ring (bicyclic) bond motifs is 1. The van der Waals surface area contributed by atoms with Crippen LogP contribution < -0.4 is 19.5 Å². The Labute approximate surface area is 208 Å². The van der Waals surface area contributed by atoms with Crippen molar-refractivity contribution in [1.29, 1.82) is 0 Å². The summed E-state index contributed by atoms with van der Waals surface area (Å²) in [5.41, 5.74) is 4.00. The number of nitrogens with one attached hydrogen (secondary N) is 1. The third kappa shape index (κ3) is 4.37. The lowest BCUT2D eigenvalue weighted by molar-refractivity contribution is -0.116. The average molecular weight is 488 g/mol. The number of methoxy groups -OCH3 is 2. The molecule has 0 saturated carbocycles. The Bertz CT molecular complexity index is 1420. The van der Waals surface area contributed by atoms with Crippen molar-refractivity contribution >= 4 is 11.7 Å². The molecular formula is C28H26FN3O4. The van der Waals surface area contributed by atoms with Crippen molar-refractivity contribution in [3.63, 3.8) is 0 Å². The van der Waals surface area contributed by atoms with Crippen LogP contribution in [-0.2, 0) is 11.4 Å². The summed E-state index contributed by atoms with van der Waals surface area (Å²) < 4.78 is 32.5. The third-order valence-corrected chi connectivity index (χ3v) is 6.30. The van der Waals surface area contributed by atoms with Gasteiger partial charge in [-0.1, -0.05) is 24.3 Å². The number of aryl methyl sites for hydroxylation is 1. The van der Waals surface area contributed by atoms with E-state index in [0.29, 0.717) is 22.9 Å². The van der Waals surface area contributed by atoms with Crippen LogP contribution in [0.25, 0.3) is 5.69 Å². The Morgan fingerprint density at radius 2 is 1.83 bits per heavy atom. The van der Waals surface area contributed by atoms with Gasteiger partial charge in [0.2, 0.25) is 5.91 Å². The number of para-hydroxylation sites is 1. The van der Waals surface area contributed by atoms with Crippen molar-refractivity contribution in [1.82, 2.24) is 9.78 Å². The maximum atomic E-state index is 13.7. The summed E-state index contributed by atoms with van der Waals surface area (Å²) in [5, 5.41) is 7.76. The molecule has 8 heteroatoms. The summed E-state index contributed by atoms with van der Waals surface area (Å²) in [5.74, 6) is 1.65. The first-order valence-electron chi connectivity index (χ1n) is 11.6. The fraction of sp³-hybridized carbons (Fsp3) is 0.214. The highest BCUT2D eigenvalue weighted by Gasteiger charge is 2.35. The normalized spacial score (nSPS) is 14.7. The number of amides is 1. The second kappa shape index (κ2) is 9.73. The Morgan fingerprint density at radius 3 is 2.56 bits per heavy atom. The third-order valence-electron chi connectivity index (χ3n) is 6.30. The maximum absolute atomic E-state index is 13.7. The highest BCUT2D eigenvalue weighted by Crippen LogP contribution is 2.46. The summed E-state index contributed by atoms with van der Waals surface area (Å²) in [6, 6.07) is 19.4. The Hall–Kier alpha value is -4.33. The van der Waals surface area contributed by atoms with E-state index >= 15 is 0 Å². The van der Waals surface area contributed by atoms with Crippen LogP contribution in [0.5, 0.6) is 17.2 Å². The fourth-order valence-corrected chi connectivity index (χ4v) is 4.63. The highest BCUT2D eigenvalue weighted by molar-refractivity contribution is 5.95. The molecule has 0 spiro atoms. The van der Waals surface area contributed by atoms with Crippen LogP contribution in [0.3, 0.4) is 0 Å². The van der Waals surface area contributed by atoms with Gasteiger partial charge < -0.3 is 19.5 Å². The first-order valence-corrected chi connectivity index (χ1v) is 11.6. The average Bonchev–Trinajstić information content (AvgIpc) is 3.22. The van der Waals surface area contributed by atoms with Gasteiger partial charge in [-0.3, -0.25) is 4.79 Å². The summed E-state index contributed by atoms with van der Waals surface area (Å²) >= 11 is 0. The minimum Gasteiger partial charge on any atom is -0.497 e. The molecule has 0 radical (unpaired) electrons. The number of nitrogens with zero attached hydrogens (tertiary/aromatic N) is 2. The molecule has 2 heterocycles. The van der Waals surface area contributed by atoms with Crippen molar-refractivity contribution in [3.05, 3.63) is 94.9 Å². The SMILES string of the molecule is COc1ccc(-n2nc(C)c3c2NC(=O)CC3c2cccc(OC)c2OCc2cccc(F)c2)cc1. The molecule has 1 atom stereocenters. The molecule has 1 aliphatic heterocycles. The van der Waals surface area contributed by atoms with E-state index in [0.717, 1.165) is 28.3 Å². The van der Waals surface area contributed by atoms with Crippen molar-refractivity contribution < 1.29 is 23.4 Å². The molecule has 1 unspecified atom stereocenters. The minimum atomic E-state index is -0.327. The van der Waals surface area contributed by atoms with E-state index in [1.807, 2.05) is 49.4 Å². The number of aromatic nitrogens is 2. The van der Waals surface area contributed by atoms with E-state index in [2.05, 4.69) is 5.32 Å². The van der Waals surface area contributed by atoms with Crippen LogP contribution >= 0.6 is 0 Å². The monoisotopic (exact) mass is 487 g/mol. The highest BCUT2D eigenvalue weighted by atomic mass is 19.1. The van der Waals surface area contributed by atoms with Gasteiger partial charge in [-0.15, -0.1) is 0 Å². The quantitative estimate of drug-likeness (QED) is 0.378. The van der Waals surface area contributed by atoms with Gasteiger partial charge in [0.15, 0.2) is 11.5 Å². The van der Waals surface area contributed by atoms with Gasteiger partial charge in [0.25, 0.3) is 0 Å². The zero-order valence-corrected chi connectivity index (χ0v) is 20.2. The van der Waals surface area contributed by atoms with Gasteiger partial charge >= 0.3 is 0 Å². The first kappa shape index (κ1) is 23.4. The molecule has 3 aromatic carbocycles. The second-order valence-corrected chi connectivity index (χ2v) is 8.56. The topological polar surface area (TPSA) is 74.6 Å². The van der Waals surface area contributed by atoms with Gasteiger partial charge in [0, 0.05) is 23.5 Å². The molecule has 4 aromatic rings. The van der Waals surface area contributed by atoms with Crippen LogP contribution in [0.4, 0.5) is 10.2 Å². The molecule has 0 aliphatic carbocycles. The van der Waals surface area contributed by atoms with E-state index in [-0.39, 0.29) is 30.7 Å². The molecule has 36 heavy (non-hydrogen) atoms. The van der Waals surface area contributed by atoms with Crippen LogP contribution in [0.15, 0.2) is 66.7 Å². The number of rotatable bonds is 7. The second-order valence-electron chi connectivity index (χ2n) is 8.56. The van der Waals surface area contributed by atoms with Gasteiger partial charge in [-0.2, -0.15) is 5.10 Å². The van der Waals surface area contributed by atoms with Crippen molar-refractivity contribution in [2.24, 2.45) is 0 Å². The van der Waals surface area contributed by atoms with Crippen LogP contribution in [-0.4, -0.2) is 29.9 Å². The van der Waals surface area contributed by atoms with Crippen LogP contribution in [0.2, 0.25) is 0 Å². The Kier molecular flexibility index (Phi) is 6.33. The number of hydrogen-bond acceptors (Lipinski definition) is 5. The minimum absolute atomic E-state index is 0.124. The molecule has 1 aromatic heterocycles. The molecule has 0 bridgehead atoms. The summed E-state index contributed by atoms with van der Waals surface area (Å²) in [7, 11) is 3.18. The van der Waals surface area contributed by atoms with Crippen molar-refractivity contribution in [3.8, 4) is 22.9 Å². The van der Waals surface area contributed by atoms with Crippen molar-refractivity contribution in [2.45, 2.75) is 25.9 Å². The van der Waals surface area contributed by atoms with Gasteiger partial charge in [-0.05, 0) is 55.0 Å². The lowest BCUT2D eigenvalue weighted by Gasteiger charge is -2.26. The zero-order chi connectivity index (χ0) is 25.2. The standard InChI is InChI=1S/C28H26FN3O4/c1-17-26-23(15-25(33)30-28(26)32(31-17)20-10-12-21(34-2)13-11-20)22-8-5-9-24(35-3)27(22)36-16-18-6-4-7-19(29)14-18/h4-14,23H,15-16H2,1-3H3,(H,30,33). The van der Waals surface area contributed by atoms with Crippen LogP contribution in [0, 0.1) is 12.7 Å². The van der Waals surface area contributed by atoms with Crippen LogP contribution in [0.1, 0.15) is 34.7 Å². The van der Waals surface area contributed by atoms with Gasteiger partial charge in [-0.25, -0.2) is 9.07 Å². The lowest BCUT2D eigenvalue weighted by atomic mass is 9.85. The van der Waals surface area contributed by atoms with Crippen molar-refractivity contribution in [2.75, 3.05) is 19.5 Å². The summed E-state index contributed by atoms with van der Waals surface area (Å²) in [4.78, 5) is 12.9. The molecule has 1 aliphatic rings. The molecule has 0 fully saturated rings. The number of ether oxygens (including phenoxy) is 3. The summed E-state index contributed by atoms with van der Waals surface area (Å²) in [6.45, 7) is 2.08. The van der Waals surface area contributed by atoms with Gasteiger partial charge in [0.05, 0.1) is 25.6 Å². The smallest absolute Gasteiger partial charge is 0.226 e. The maximum Gasteiger partial charge on any atom is 0.226 e. The largest absolute Gasteiger partial charge is 0.497 e. The predicted octanol–water partition coefficient (Wildman–Crippen LogP) is 5.39. The predicted molar refractivity (Wildman–Crippen MR) is 134 cm³/mol. The number of carbonyl (C=O) groups is 1. The lowest BCUT2D eigenvalue weighted by Crippen LogP contribution is -2.25. The van der Waals surface area contributed by atoms with E-state index in [4.69, 9.17) is 19.3 Å². The number of halogens is 1. The van der Waals surface area contributed by atoms with E-state index in [1.165, 1.54) is 12.1 Å². The van der Waals surface area contributed by atoms with Gasteiger partial charge in [0.1, 0.15) is 24.0 Å². The molecule has 0 saturated heterocycles. The fourth-order valence-electron chi connectivity index (χ4n) is 4.63. The molecule has 1 amide bonds. The Balaban J connectivity index is 1.57. The number of anilines is 1. The summed E-state index contributed by atoms with van der Waals surface area (Å²) in [6.07, 6.45) is 0.228. The van der Waals surface area contributed by atoms with E-state index in [9.17, 15) is 9.18 Å². The molecule has 7 nitrogen and oxygen atoms in total. The number of hydrogen-bond donors (Lipinski definition) is 1. The zero-order valence-electron chi connectivity index (χ0n) is 20.2. The molecule has 1 N–H and O–H groups in total. The van der Waals surface area contributed by atoms with E-state index < -0.39 is 0 Å². The Morgan fingerprint density at radius 1 is 1.06 bits per heavy atom.